The number of halogens is 1. The fraction of sp³-hybridized carbons (Fsp3) is 0.579. The van der Waals surface area contributed by atoms with E-state index in [-0.39, 0.29) is 5.38 Å². The Hall–Kier alpha value is -0.750. The Morgan fingerprint density at radius 1 is 1.35 bits per heavy atom. The molecule has 2 aliphatic carbocycles. The van der Waals surface area contributed by atoms with Crippen LogP contribution in [-0.2, 0) is 0 Å². The van der Waals surface area contributed by atoms with Crippen molar-refractivity contribution in [1.82, 2.24) is 0 Å². The fourth-order valence-electron chi connectivity index (χ4n) is 3.01. The molecule has 0 unspecified atom stereocenters. The van der Waals surface area contributed by atoms with Gasteiger partial charge in [0.2, 0.25) is 0 Å². The Kier molecular flexibility index (Phi) is 5.32. The Bertz CT molecular complexity index is 452. The molecular formula is C19H27Cl. The van der Waals surface area contributed by atoms with Crippen molar-refractivity contribution < 1.29 is 0 Å². The molecule has 0 amide bonds. The molecule has 0 spiro atoms. The van der Waals surface area contributed by atoms with Gasteiger partial charge in [-0.05, 0) is 48.7 Å². The predicted octanol–water partition coefficient (Wildman–Crippen LogP) is 6.34. The molecule has 0 saturated heterocycles. The van der Waals surface area contributed by atoms with Gasteiger partial charge in [0, 0.05) is 0 Å². The van der Waals surface area contributed by atoms with E-state index in [1.54, 1.807) is 5.57 Å². The van der Waals surface area contributed by atoms with Crippen LogP contribution in [0.5, 0.6) is 0 Å². The average Bonchev–Trinajstić information content (AvgIpc) is 3.01. The summed E-state index contributed by atoms with van der Waals surface area (Å²) in [7, 11) is 0. The van der Waals surface area contributed by atoms with Crippen LogP contribution in [0.4, 0.5) is 0 Å². The molecule has 0 heterocycles. The summed E-state index contributed by atoms with van der Waals surface area (Å²) in [5.74, 6) is 0. The first kappa shape index (κ1) is 15.6. The first-order chi connectivity index (χ1) is 9.59. The van der Waals surface area contributed by atoms with E-state index >= 15 is 0 Å². The van der Waals surface area contributed by atoms with E-state index in [0.717, 1.165) is 6.42 Å². The van der Waals surface area contributed by atoms with Crippen molar-refractivity contribution in [2.45, 2.75) is 64.2 Å². The summed E-state index contributed by atoms with van der Waals surface area (Å²) in [6.07, 6.45) is 17.3. The quantitative estimate of drug-likeness (QED) is 0.379. The van der Waals surface area contributed by atoms with Crippen LogP contribution in [0.25, 0.3) is 0 Å². The number of hydrogen-bond acceptors (Lipinski definition) is 0. The van der Waals surface area contributed by atoms with E-state index in [2.05, 4.69) is 38.7 Å². The maximum Gasteiger partial charge on any atom is 0.0530 e. The third-order valence-electron chi connectivity index (χ3n) is 4.60. The van der Waals surface area contributed by atoms with Crippen LogP contribution >= 0.6 is 11.6 Å². The smallest absolute Gasteiger partial charge is 0.0530 e. The zero-order chi connectivity index (χ0) is 14.6. The molecule has 110 valence electrons. The second-order valence-corrected chi connectivity index (χ2v) is 7.01. The first-order valence-corrected chi connectivity index (χ1v) is 8.39. The molecule has 0 N–H and O–H groups in total. The van der Waals surface area contributed by atoms with Gasteiger partial charge in [0.15, 0.2) is 0 Å². The van der Waals surface area contributed by atoms with Crippen molar-refractivity contribution in [3.05, 3.63) is 47.6 Å². The lowest BCUT2D eigenvalue weighted by atomic mass is 9.83. The van der Waals surface area contributed by atoms with Gasteiger partial charge in [-0.25, -0.2) is 0 Å². The predicted molar refractivity (Wildman–Crippen MR) is 90.2 cm³/mol. The summed E-state index contributed by atoms with van der Waals surface area (Å²) in [5, 5.41) is 0.167. The summed E-state index contributed by atoms with van der Waals surface area (Å²) >= 11 is 6.55. The van der Waals surface area contributed by atoms with Crippen LogP contribution in [-0.4, -0.2) is 5.38 Å². The van der Waals surface area contributed by atoms with Gasteiger partial charge >= 0.3 is 0 Å². The number of hydrogen-bond donors (Lipinski definition) is 0. The van der Waals surface area contributed by atoms with Gasteiger partial charge in [-0.3, -0.25) is 0 Å². The van der Waals surface area contributed by atoms with Gasteiger partial charge in [-0.1, -0.05) is 63.1 Å². The van der Waals surface area contributed by atoms with E-state index < -0.39 is 0 Å². The Morgan fingerprint density at radius 3 is 2.70 bits per heavy atom. The van der Waals surface area contributed by atoms with Crippen LogP contribution in [0.2, 0.25) is 0 Å². The van der Waals surface area contributed by atoms with Crippen LogP contribution in [0.1, 0.15) is 58.8 Å². The van der Waals surface area contributed by atoms with Gasteiger partial charge in [-0.15, -0.1) is 11.6 Å². The lowest BCUT2D eigenvalue weighted by molar-refractivity contribution is 0.552. The number of alkyl halides is 1. The molecule has 0 bridgehead atoms. The molecule has 2 atom stereocenters. The normalized spacial score (nSPS) is 32.5. The van der Waals surface area contributed by atoms with E-state index in [1.165, 1.54) is 49.7 Å². The molecule has 0 nitrogen and oxygen atoms in total. The van der Waals surface area contributed by atoms with Crippen molar-refractivity contribution >= 4 is 11.6 Å². The van der Waals surface area contributed by atoms with Crippen LogP contribution in [0.3, 0.4) is 0 Å². The Labute approximate surface area is 129 Å². The second kappa shape index (κ2) is 6.80. The van der Waals surface area contributed by atoms with Gasteiger partial charge in [0.25, 0.3) is 0 Å². The zero-order valence-electron chi connectivity index (χ0n) is 12.9. The largest absolute Gasteiger partial charge is 0.118 e. The summed E-state index contributed by atoms with van der Waals surface area (Å²) in [5.41, 5.74) is 4.88. The number of unbranched alkanes of at least 4 members (excludes halogenated alkanes) is 2. The third-order valence-corrected chi connectivity index (χ3v) is 4.88. The number of allylic oxidation sites excluding steroid dienone is 7. The highest BCUT2D eigenvalue weighted by atomic mass is 35.5. The van der Waals surface area contributed by atoms with Crippen molar-refractivity contribution in [2.75, 3.05) is 0 Å². The van der Waals surface area contributed by atoms with Gasteiger partial charge in [0.1, 0.15) is 0 Å². The molecule has 2 aliphatic rings. The summed E-state index contributed by atoms with van der Waals surface area (Å²) < 4.78 is 0. The highest BCUT2D eigenvalue weighted by Crippen LogP contribution is 2.55. The fourth-order valence-corrected chi connectivity index (χ4v) is 3.50. The average molecular weight is 291 g/mol. The maximum atomic E-state index is 6.55. The van der Waals surface area contributed by atoms with Gasteiger partial charge < -0.3 is 0 Å². The van der Waals surface area contributed by atoms with E-state index in [1.807, 2.05) is 6.08 Å². The molecule has 0 aliphatic heterocycles. The molecule has 0 radical (unpaired) electrons. The minimum atomic E-state index is 0.167. The van der Waals surface area contributed by atoms with Crippen LogP contribution < -0.4 is 0 Å². The van der Waals surface area contributed by atoms with E-state index in [0.29, 0.717) is 5.41 Å². The second-order valence-electron chi connectivity index (χ2n) is 6.45. The topological polar surface area (TPSA) is 0 Å². The summed E-state index contributed by atoms with van der Waals surface area (Å²) in [4.78, 5) is 0. The SMILES string of the molecule is C=C/C=C1\C[C@]1(C)C[C@H](Cl)/C=C1\CC\C1=C/CCCC. The van der Waals surface area contributed by atoms with Gasteiger partial charge in [0.05, 0.1) is 5.38 Å². The molecule has 2 saturated carbocycles. The van der Waals surface area contributed by atoms with Crippen molar-refractivity contribution in [3.63, 3.8) is 0 Å². The molecular weight excluding hydrogens is 264 g/mol. The van der Waals surface area contributed by atoms with Crippen LogP contribution in [0, 0.1) is 5.41 Å². The Balaban J connectivity index is 1.87. The molecule has 2 rings (SSSR count). The first-order valence-electron chi connectivity index (χ1n) is 7.95. The molecule has 2 fully saturated rings. The molecule has 0 aromatic heterocycles. The third kappa shape index (κ3) is 3.88. The molecule has 1 heteroatoms. The molecule has 0 aromatic rings. The van der Waals surface area contributed by atoms with Gasteiger partial charge in [-0.2, -0.15) is 0 Å². The lowest BCUT2D eigenvalue weighted by Gasteiger charge is -2.24. The minimum absolute atomic E-state index is 0.167. The zero-order valence-corrected chi connectivity index (χ0v) is 13.7. The highest BCUT2D eigenvalue weighted by molar-refractivity contribution is 6.22. The molecule has 20 heavy (non-hydrogen) atoms. The minimum Gasteiger partial charge on any atom is -0.118 e. The monoisotopic (exact) mass is 290 g/mol. The lowest BCUT2D eigenvalue weighted by Crippen LogP contribution is -2.09. The number of rotatable bonds is 7. The Morgan fingerprint density at radius 2 is 2.10 bits per heavy atom. The van der Waals surface area contributed by atoms with Crippen molar-refractivity contribution in [1.29, 1.82) is 0 Å². The van der Waals surface area contributed by atoms with Crippen molar-refractivity contribution in [2.24, 2.45) is 5.41 Å². The summed E-state index contributed by atoms with van der Waals surface area (Å²) in [6, 6.07) is 0. The van der Waals surface area contributed by atoms with E-state index in [9.17, 15) is 0 Å². The molecule has 0 aromatic carbocycles. The van der Waals surface area contributed by atoms with Crippen LogP contribution in [0.15, 0.2) is 47.6 Å². The standard InChI is InChI=1S/C19H27Cl/c1-4-6-7-9-15-10-11-16(15)12-18(20)14-19(3)13-17(19)8-5-2/h5,8-9,12,18H,2,4,6-7,10-11,13-14H2,1,3H3/b15-9+,16-12+,17-8+/t18-,19-/m1/s1. The maximum absolute atomic E-state index is 6.55. The summed E-state index contributed by atoms with van der Waals surface area (Å²) in [6.45, 7) is 8.33. The van der Waals surface area contributed by atoms with E-state index in [4.69, 9.17) is 11.6 Å². The highest BCUT2D eigenvalue weighted by Gasteiger charge is 2.44. The van der Waals surface area contributed by atoms with Crippen molar-refractivity contribution in [3.8, 4) is 0 Å².